The molecule has 0 aliphatic rings. The van der Waals surface area contributed by atoms with Crippen LogP contribution in [0.1, 0.15) is 36.1 Å². The third-order valence-electron chi connectivity index (χ3n) is 4.38. The van der Waals surface area contributed by atoms with Gasteiger partial charge in [-0.1, -0.05) is 17.3 Å². The molecule has 0 bridgehead atoms. The lowest BCUT2D eigenvalue weighted by Gasteiger charge is -2.10. The second-order valence-electron chi connectivity index (χ2n) is 7.07. The van der Waals surface area contributed by atoms with E-state index in [0.717, 1.165) is 30.7 Å². The molecular formula is C20H21F3N6O4. The predicted octanol–water partition coefficient (Wildman–Crippen LogP) is 2.15. The number of ether oxygens (including phenoxy) is 1. The molecular weight excluding hydrogens is 445 g/mol. The normalized spacial score (nSPS) is 11.6. The van der Waals surface area contributed by atoms with Crippen LogP contribution < -0.4 is 10.1 Å². The number of anilines is 1. The summed E-state index contributed by atoms with van der Waals surface area (Å²) in [5.74, 6) is -0.627. The molecule has 0 aliphatic heterocycles. The first-order valence-electron chi connectivity index (χ1n) is 9.91. The molecule has 2 heterocycles. The van der Waals surface area contributed by atoms with Crippen LogP contribution >= 0.6 is 0 Å². The van der Waals surface area contributed by atoms with E-state index in [1.165, 1.54) is 23.0 Å². The van der Waals surface area contributed by atoms with Gasteiger partial charge in [-0.25, -0.2) is 0 Å². The summed E-state index contributed by atoms with van der Waals surface area (Å²) in [6.07, 6.45) is -2.99. The number of nitrogens with zero attached hydrogens (tertiary/aromatic N) is 5. The van der Waals surface area contributed by atoms with Gasteiger partial charge in [-0.15, -0.1) is 23.4 Å². The topological polar surface area (TPSA) is 135 Å². The van der Waals surface area contributed by atoms with Crippen molar-refractivity contribution in [3.05, 3.63) is 59.5 Å². The van der Waals surface area contributed by atoms with Gasteiger partial charge in [-0.05, 0) is 49.1 Å². The maximum atomic E-state index is 12.3. The molecule has 3 aromatic rings. The largest absolute Gasteiger partial charge is 0.573 e. The zero-order chi connectivity index (χ0) is 23.8. The van der Waals surface area contributed by atoms with Crippen LogP contribution in [0.5, 0.6) is 5.75 Å². The van der Waals surface area contributed by atoms with Crippen LogP contribution in [0.25, 0.3) is 0 Å². The Balaban J connectivity index is 1.42. The highest BCUT2D eigenvalue weighted by Gasteiger charge is 2.31. The lowest BCUT2D eigenvalue weighted by atomic mass is 10.1. The van der Waals surface area contributed by atoms with Crippen LogP contribution in [-0.4, -0.2) is 47.7 Å². The van der Waals surface area contributed by atoms with Crippen LogP contribution in [0, 0.1) is 0 Å². The van der Waals surface area contributed by atoms with E-state index in [4.69, 9.17) is 10.2 Å². The summed E-state index contributed by atoms with van der Waals surface area (Å²) in [7, 11) is 0. The summed E-state index contributed by atoms with van der Waals surface area (Å²) in [5.41, 5.74) is 1.16. The van der Waals surface area contributed by atoms with Gasteiger partial charge in [0.1, 0.15) is 11.4 Å². The second kappa shape index (κ2) is 10.8. The van der Waals surface area contributed by atoms with E-state index in [9.17, 15) is 18.0 Å². The lowest BCUT2D eigenvalue weighted by molar-refractivity contribution is -0.274. The number of alkyl halides is 3. The van der Waals surface area contributed by atoms with E-state index >= 15 is 0 Å². The number of unbranched alkanes of at least 4 members (excludes halogenated alkanes) is 1. The first-order chi connectivity index (χ1) is 15.7. The number of hydrogen-bond donors (Lipinski definition) is 3. The Bertz CT molecular complexity index is 1060. The molecule has 0 spiro atoms. The Hall–Kier alpha value is -3.58. The molecule has 0 atom stereocenters. The molecule has 1 amide bonds. The number of amides is 1. The Morgan fingerprint density at radius 2 is 1.94 bits per heavy atom. The number of hydrogen-bond acceptors (Lipinski definition) is 8. The van der Waals surface area contributed by atoms with Crippen LogP contribution in [0.4, 0.5) is 19.0 Å². The summed E-state index contributed by atoms with van der Waals surface area (Å²) in [6, 6.07) is 8.50. The van der Waals surface area contributed by atoms with Crippen LogP contribution in [0.3, 0.4) is 0 Å². The van der Waals surface area contributed by atoms with Crippen LogP contribution in [0.15, 0.2) is 42.6 Å². The van der Waals surface area contributed by atoms with Gasteiger partial charge in [-0.2, -0.15) is 5.10 Å². The monoisotopic (exact) mass is 466 g/mol. The lowest BCUT2D eigenvalue weighted by Crippen LogP contribution is -2.18. The van der Waals surface area contributed by atoms with Gasteiger partial charge >= 0.3 is 6.36 Å². The Labute approximate surface area is 186 Å². The average molecular weight is 466 g/mol. The number of benzene rings is 1. The maximum Gasteiger partial charge on any atom is 0.573 e. The number of aromatic nitrogens is 5. The van der Waals surface area contributed by atoms with Gasteiger partial charge < -0.3 is 20.3 Å². The minimum atomic E-state index is -4.80. The number of nitrogens with one attached hydrogen (secondary N) is 1. The predicted molar refractivity (Wildman–Crippen MR) is 108 cm³/mol. The highest BCUT2D eigenvalue weighted by atomic mass is 19.4. The highest BCUT2D eigenvalue weighted by molar-refractivity contribution is 5.91. The third-order valence-corrected chi connectivity index (χ3v) is 4.38. The number of carbonyl (C=O) groups is 1. The molecule has 1 aromatic carbocycles. The standard InChI is InChI=1S/C20H21F3N6O4/c21-20(22,23)33-15-6-3-4-13(10-15)11-18(30)24-17-8-7-14(25-27-17)5-1-2-9-29-12-16(19(31)32)26-28-29/h3-4,6-8,10,12,19,31-32H,1-2,5,9,11H2,(H,24,27,30). The van der Waals surface area contributed by atoms with Gasteiger partial charge in [0.2, 0.25) is 5.91 Å². The molecule has 0 unspecified atom stereocenters. The van der Waals surface area contributed by atoms with Gasteiger partial charge in [0, 0.05) is 6.54 Å². The zero-order valence-electron chi connectivity index (χ0n) is 17.2. The van der Waals surface area contributed by atoms with Gasteiger partial charge in [-0.3, -0.25) is 9.48 Å². The van der Waals surface area contributed by atoms with Crippen LogP contribution in [-0.2, 0) is 24.2 Å². The minimum absolute atomic E-state index is 0.0841. The summed E-state index contributed by atoms with van der Waals surface area (Å²) in [4.78, 5) is 12.2. The van der Waals surface area contributed by atoms with E-state index < -0.39 is 24.3 Å². The van der Waals surface area contributed by atoms with Gasteiger partial charge in [0.15, 0.2) is 12.1 Å². The molecule has 33 heavy (non-hydrogen) atoms. The number of halogens is 3. The van der Waals surface area contributed by atoms with E-state index in [1.54, 1.807) is 12.1 Å². The van der Waals surface area contributed by atoms with Crippen molar-refractivity contribution in [2.24, 2.45) is 0 Å². The van der Waals surface area contributed by atoms with Crippen molar-refractivity contribution in [3.8, 4) is 5.75 Å². The minimum Gasteiger partial charge on any atom is -0.406 e. The summed E-state index contributed by atoms with van der Waals surface area (Å²) < 4.78 is 42.3. The van der Waals surface area contributed by atoms with Crippen molar-refractivity contribution < 1.29 is 32.9 Å². The molecule has 0 saturated carbocycles. The highest BCUT2D eigenvalue weighted by Crippen LogP contribution is 2.23. The molecule has 3 N–H and O–H groups in total. The van der Waals surface area contributed by atoms with Crippen molar-refractivity contribution in [1.82, 2.24) is 25.2 Å². The first kappa shape index (κ1) is 24.1. The molecule has 10 nitrogen and oxygen atoms in total. The Morgan fingerprint density at radius 1 is 1.12 bits per heavy atom. The third kappa shape index (κ3) is 8.12. The fraction of sp³-hybridized carbons (Fsp3) is 0.350. The number of aryl methyl sites for hydroxylation is 2. The molecule has 0 saturated heterocycles. The van der Waals surface area contributed by atoms with E-state index in [2.05, 4.69) is 30.6 Å². The first-order valence-corrected chi connectivity index (χ1v) is 9.91. The summed E-state index contributed by atoms with van der Waals surface area (Å²) in [5, 5.41) is 36.0. The number of rotatable bonds is 10. The van der Waals surface area contributed by atoms with Crippen molar-refractivity contribution in [2.75, 3.05) is 5.32 Å². The van der Waals surface area contributed by atoms with Crippen molar-refractivity contribution in [3.63, 3.8) is 0 Å². The molecule has 13 heteroatoms. The number of aliphatic hydroxyl groups excluding tert-OH is 1. The average Bonchev–Trinajstić information content (AvgIpc) is 3.21. The quantitative estimate of drug-likeness (QED) is 0.306. The Kier molecular flexibility index (Phi) is 7.90. The second-order valence-corrected chi connectivity index (χ2v) is 7.07. The fourth-order valence-corrected chi connectivity index (χ4v) is 2.91. The van der Waals surface area contributed by atoms with Crippen molar-refractivity contribution in [2.45, 2.75) is 44.9 Å². The molecule has 0 aliphatic carbocycles. The van der Waals surface area contributed by atoms with E-state index in [-0.39, 0.29) is 17.9 Å². The number of carbonyl (C=O) groups excluding carboxylic acids is 1. The smallest absolute Gasteiger partial charge is 0.406 e. The van der Waals surface area contributed by atoms with E-state index in [0.29, 0.717) is 18.5 Å². The molecule has 3 rings (SSSR count). The van der Waals surface area contributed by atoms with Gasteiger partial charge in [0.05, 0.1) is 18.3 Å². The van der Waals surface area contributed by atoms with Crippen molar-refractivity contribution in [1.29, 1.82) is 0 Å². The molecule has 176 valence electrons. The summed E-state index contributed by atoms with van der Waals surface area (Å²) >= 11 is 0. The maximum absolute atomic E-state index is 12.3. The summed E-state index contributed by atoms with van der Waals surface area (Å²) in [6.45, 7) is 0.552. The SMILES string of the molecule is O=C(Cc1cccc(OC(F)(F)F)c1)Nc1ccc(CCCCn2cc(C(O)O)nn2)nn1. The number of aliphatic hydroxyl groups is 2. The van der Waals surface area contributed by atoms with Crippen molar-refractivity contribution >= 4 is 11.7 Å². The fourth-order valence-electron chi connectivity index (χ4n) is 2.91. The van der Waals surface area contributed by atoms with Gasteiger partial charge in [0.25, 0.3) is 0 Å². The zero-order valence-corrected chi connectivity index (χ0v) is 17.2. The molecule has 0 radical (unpaired) electrons. The molecule has 2 aromatic heterocycles. The van der Waals surface area contributed by atoms with Crippen LogP contribution in [0.2, 0.25) is 0 Å². The molecule has 0 fully saturated rings. The Morgan fingerprint density at radius 3 is 2.61 bits per heavy atom. The van der Waals surface area contributed by atoms with E-state index in [1.807, 2.05) is 0 Å².